The normalized spacial score (nSPS) is 14.5. The summed E-state index contributed by atoms with van der Waals surface area (Å²) in [6.07, 6.45) is 9.03. The van der Waals surface area contributed by atoms with Gasteiger partial charge < -0.3 is 9.47 Å². The van der Waals surface area contributed by atoms with Gasteiger partial charge in [-0.15, -0.1) is 0 Å². The van der Waals surface area contributed by atoms with E-state index in [4.69, 9.17) is 9.47 Å². The summed E-state index contributed by atoms with van der Waals surface area (Å²) in [5.74, 6) is 1.43. The van der Waals surface area contributed by atoms with Crippen molar-refractivity contribution in [3.8, 4) is 0 Å². The van der Waals surface area contributed by atoms with Gasteiger partial charge in [-0.2, -0.15) is 0 Å². The highest BCUT2D eigenvalue weighted by atomic mass is 16.5. The third kappa shape index (κ3) is 12.7. The molecule has 0 amide bonds. The summed E-state index contributed by atoms with van der Waals surface area (Å²) >= 11 is 0. The molecule has 0 saturated heterocycles. The van der Waals surface area contributed by atoms with Gasteiger partial charge in [-0.3, -0.25) is 0 Å². The minimum Gasteiger partial charge on any atom is -0.379 e. The van der Waals surface area contributed by atoms with Crippen molar-refractivity contribution in [3.63, 3.8) is 0 Å². The van der Waals surface area contributed by atoms with Crippen LogP contribution < -0.4 is 0 Å². The first kappa shape index (κ1) is 18.9. The quantitative estimate of drug-likeness (QED) is 0.411. The van der Waals surface area contributed by atoms with Crippen molar-refractivity contribution in [3.05, 3.63) is 0 Å². The van der Waals surface area contributed by atoms with E-state index in [1.54, 1.807) is 0 Å². The van der Waals surface area contributed by atoms with Crippen molar-refractivity contribution >= 4 is 0 Å². The van der Waals surface area contributed by atoms with Crippen molar-refractivity contribution in [2.45, 2.75) is 72.6 Å². The second kappa shape index (κ2) is 14.3. The summed E-state index contributed by atoms with van der Waals surface area (Å²) in [6, 6.07) is 0. The first-order valence-electron chi connectivity index (χ1n) is 8.39. The van der Waals surface area contributed by atoms with Gasteiger partial charge in [-0.25, -0.2) is 0 Å². The van der Waals surface area contributed by atoms with Crippen LogP contribution in [0.2, 0.25) is 0 Å². The van der Waals surface area contributed by atoms with Gasteiger partial charge in [-0.1, -0.05) is 59.8 Å². The van der Waals surface area contributed by atoms with E-state index in [-0.39, 0.29) is 0 Å². The van der Waals surface area contributed by atoms with Crippen LogP contribution in [-0.2, 0) is 9.47 Å². The van der Waals surface area contributed by atoms with E-state index >= 15 is 0 Å². The van der Waals surface area contributed by atoms with Crippen molar-refractivity contribution in [1.29, 1.82) is 0 Å². The summed E-state index contributed by atoms with van der Waals surface area (Å²) in [5.41, 5.74) is 0. The van der Waals surface area contributed by atoms with E-state index in [9.17, 15) is 0 Å². The van der Waals surface area contributed by atoms with Crippen LogP contribution in [0.3, 0.4) is 0 Å². The van der Waals surface area contributed by atoms with E-state index < -0.39 is 0 Å². The SMILES string of the molecule is CCCCC(C)COCCOCC(CC)CCCC. The number of ether oxygens (including phenoxy) is 2. The van der Waals surface area contributed by atoms with Gasteiger partial charge in [0.25, 0.3) is 0 Å². The average molecular weight is 272 g/mol. The number of hydrogen-bond donors (Lipinski definition) is 0. The molecule has 2 nitrogen and oxygen atoms in total. The van der Waals surface area contributed by atoms with Crippen LogP contribution >= 0.6 is 0 Å². The standard InChI is InChI=1S/C17H36O2/c1-5-8-10-16(4)14-18-12-13-19-15-17(7-3)11-9-6-2/h16-17H,5-15H2,1-4H3. The monoisotopic (exact) mass is 272 g/mol. The molecule has 2 atom stereocenters. The van der Waals surface area contributed by atoms with Gasteiger partial charge in [0.05, 0.1) is 13.2 Å². The Labute approximate surface area is 121 Å². The van der Waals surface area contributed by atoms with Crippen molar-refractivity contribution < 1.29 is 9.47 Å². The van der Waals surface area contributed by atoms with Crippen LogP contribution in [0.1, 0.15) is 72.6 Å². The molecular formula is C17H36O2. The molecule has 0 aromatic carbocycles. The summed E-state index contributed by atoms with van der Waals surface area (Å²) in [7, 11) is 0. The van der Waals surface area contributed by atoms with Crippen molar-refractivity contribution in [2.75, 3.05) is 26.4 Å². The zero-order chi connectivity index (χ0) is 14.3. The third-order valence-electron chi connectivity index (χ3n) is 3.72. The summed E-state index contributed by atoms with van der Waals surface area (Å²) in [4.78, 5) is 0. The van der Waals surface area contributed by atoms with E-state index in [0.717, 1.165) is 32.3 Å². The average Bonchev–Trinajstić information content (AvgIpc) is 2.43. The minimum atomic E-state index is 0.688. The second-order valence-electron chi connectivity index (χ2n) is 5.81. The molecule has 0 spiro atoms. The van der Waals surface area contributed by atoms with E-state index in [1.807, 2.05) is 0 Å². The Morgan fingerprint density at radius 1 is 0.789 bits per heavy atom. The van der Waals surface area contributed by atoms with Crippen LogP contribution in [0, 0.1) is 11.8 Å². The molecule has 2 heteroatoms. The van der Waals surface area contributed by atoms with Crippen LogP contribution in [0.15, 0.2) is 0 Å². The first-order valence-corrected chi connectivity index (χ1v) is 8.39. The Morgan fingerprint density at radius 2 is 1.37 bits per heavy atom. The molecule has 0 radical (unpaired) electrons. The Morgan fingerprint density at radius 3 is 1.95 bits per heavy atom. The zero-order valence-corrected chi connectivity index (χ0v) is 13.7. The lowest BCUT2D eigenvalue weighted by Gasteiger charge is -2.15. The fraction of sp³-hybridized carbons (Fsp3) is 1.00. The smallest absolute Gasteiger partial charge is 0.0700 e. The molecule has 0 aliphatic rings. The summed E-state index contributed by atoms with van der Waals surface area (Å²) < 4.78 is 11.4. The molecule has 0 heterocycles. The van der Waals surface area contributed by atoms with Gasteiger partial charge in [0.1, 0.15) is 0 Å². The predicted octanol–water partition coefficient (Wildman–Crippen LogP) is 5.06. The highest BCUT2D eigenvalue weighted by Gasteiger charge is 2.06. The van der Waals surface area contributed by atoms with E-state index in [2.05, 4.69) is 27.7 Å². The molecule has 0 aromatic heterocycles. The van der Waals surface area contributed by atoms with Gasteiger partial charge in [-0.05, 0) is 24.7 Å². The van der Waals surface area contributed by atoms with Crippen molar-refractivity contribution in [2.24, 2.45) is 11.8 Å². The van der Waals surface area contributed by atoms with E-state index in [1.165, 1.54) is 44.9 Å². The molecule has 0 N–H and O–H groups in total. The van der Waals surface area contributed by atoms with Gasteiger partial charge in [0, 0.05) is 13.2 Å². The maximum Gasteiger partial charge on any atom is 0.0700 e. The molecule has 0 aliphatic carbocycles. The molecular weight excluding hydrogens is 236 g/mol. The topological polar surface area (TPSA) is 18.5 Å². The number of rotatable bonds is 14. The lowest BCUT2D eigenvalue weighted by Crippen LogP contribution is -2.14. The maximum absolute atomic E-state index is 5.72. The van der Waals surface area contributed by atoms with Crippen LogP contribution in [0.4, 0.5) is 0 Å². The van der Waals surface area contributed by atoms with E-state index in [0.29, 0.717) is 5.92 Å². The highest BCUT2D eigenvalue weighted by molar-refractivity contribution is 4.56. The lowest BCUT2D eigenvalue weighted by molar-refractivity contribution is 0.0209. The Kier molecular flexibility index (Phi) is 14.3. The lowest BCUT2D eigenvalue weighted by atomic mass is 10.0. The fourth-order valence-corrected chi connectivity index (χ4v) is 2.19. The summed E-state index contributed by atoms with van der Waals surface area (Å²) in [5, 5.41) is 0. The molecule has 0 bridgehead atoms. The van der Waals surface area contributed by atoms with Crippen LogP contribution in [0.5, 0.6) is 0 Å². The highest BCUT2D eigenvalue weighted by Crippen LogP contribution is 2.12. The predicted molar refractivity (Wildman–Crippen MR) is 83.6 cm³/mol. The molecule has 0 aliphatic heterocycles. The molecule has 2 unspecified atom stereocenters. The number of unbranched alkanes of at least 4 members (excludes halogenated alkanes) is 2. The number of hydrogen-bond acceptors (Lipinski definition) is 2. The second-order valence-corrected chi connectivity index (χ2v) is 5.81. The van der Waals surface area contributed by atoms with Gasteiger partial charge in [0.2, 0.25) is 0 Å². The molecule has 116 valence electrons. The van der Waals surface area contributed by atoms with Crippen LogP contribution in [-0.4, -0.2) is 26.4 Å². The fourth-order valence-electron chi connectivity index (χ4n) is 2.19. The third-order valence-corrected chi connectivity index (χ3v) is 3.72. The molecule has 0 saturated carbocycles. The van der Waals surface area contributed by atoms with Crippen LogP contribution in [0.25, 0.3) is 0 Å². The first-order chi connectivity index (χ1) is 9.24. The zero-order valence-electron chi connectivity index (χ0n) is 13.7. The largest absolute Gasteiger partial charge is 0.379 e. The Bertz CT molecular complexity index is 171. The molecule has 0 rings (SSSR count). The Hall–Kier alpha value is -0.0800. The molecule has 0 fully saturated rings. The molecule has 0 aromatic rings. The van der Waals surface area contributed by atoms with Crippen molar-refractivity contribution in [1.82, 2.24) is 0 Å². The Balaban J connectivity index is 3.33. The molecule has 19 heavy (non-hydrogen) atoms. The van der Waals surface area contributed by atoms with Gasteiger partial charge in [0.15, 0.2) is 0 Å². The maximum atomic E-state index is 5.72. The minimum absolute atomic E-state index is 0.688. The summed E-state index contributed by atoms with van der Waals surface area (Å²) in [6.45, 7) is 12.3. The van der Waals surface area contributed by atoms with Gasteiger partial charge >= 0.3 is 0 Å².